The molecule has 4 rings (SSSR count). The van der Waals surface area contributed by atoms with E-state index in [2.05, 4.69) is 13.8 Å². The normalized spacial score (nSPS) is 16.4. The topological polar surface area (TPSA) is 85.3 Å². The van der Waals surface area contributed by atoms with Crippen molar-refractivity contribution in [2.24, 2.45) is 5.92 Å². The fraction of sp³-hybridized carbons (Fsp3) is 0.333. The molecule has 1 fully saturated rings. The smallest absolute Gasteiger partial charge is 0.295 e. The molecule has 1 amide bonds. The zero-order valence-electron chi connectivity index (χ0n) is 23.6. The van der Waals surface area contributed by atoms with E-state index in [1.54, 1.807) is 43.5 Å². The van der Waals surface area contributed by atoms with Gasteiger partial charge in [-0.05, 0) is 61.1 Å². The lowest BCUT2D eigenvalue weighted by Gasteiger charge is -2.26. The third-order valence-electron chi connectivity index (χ3n) is 6.90. The Morgan fingerprint density at radius 3 is 2.42 bits per heavy atom. The summed E-state index contributed by atoms with van der Waals surface area (Å²) >= 11 is 0. The highest BCUT2D eigenvalue weighted by Crippen LogP contribution is 2.42. The van der Waals surface area contributed by atoms with Crippen molar-refractivity contribution < 1.29 is 28.9 Å². The van der Waals surface area contributed by atoms with E-state index in [9.17, 15) is 14.7 Å². The number of aliphatic hydroxyl groups excluding tert-OH is 1. The van der Waals surface area contributed by atoms with E-state index in [0.717, 1.165) is 12.0 Å². The zero-order valence-corrected chi connectivity index (χ0v) is 23.6. The Morgan fingerprint density at radius 2 is 1.73 bits per heavy atom. The molecule has 1 aliphatic heterocycles. The minimum atomic E-state index is -0.807. The fourth-order valence-electron chi connectivity index (χ4n) is 4.78. The van der Waals surface area contributed by atoms with Gasteiger partial charge in [-0.15, -0.1) is 0 Å². The number of carbonyl (C=O) groups is 2. The minimum absolute atomic E-state index is 0.0299. The molecule has 0 aliphatic carbocycles. The number of methoxy groups -OCH3 is 1. The zero-order chi connectivity index (χ0) is 28.6. The molecule has 3 aromatic carbocycles. The molecule has 7 heteroatoms. The van der Waals surface area contributed by atoms with Crippen LogP contribution in [0.25, 0.3) is 5.76 Å². The predicted molar refractivity (Wildman–Crippen MR) is 155 cm³/mol. The van der Waals surface area contributed by atoms with Crippen LogP contribution in [0.2, 0.25) is 0 Å². The summed E-state index contributed by atoms with van der Waals surface area (Å²) in [6.45, 7) is 7.43. The molecule has 0 bridgehead atoms. The number of amides is 1. The van der Waals surface area contributed by atoms with Gasteiger partial charge in [0.05, 0.1) is 31.9 Å². The van der Waals surface area contributed by atoms with Crippen LogP contribution in [-0.4, -0.2) is 48.6 Å². The van der Waals surface area contributed by atoms with Gasteiger partial charge in [0.2, 0.25) is 0 Å². The molecule has 1 N–H and O–H groups in total. The molecule has 1 aliphatic rings. The van der Waals surface area contributed by atoms with Gasteiger partial charge in [-0.25, -0.2) is 0 Å². The Balaban J connectivity index is 1.77. The number of ether oxygens (including phenoxy) is 3. The van der Waals surface area contributed by atoms with Crippen molar-refractivity contribution in [3.05, 3.63) is 95.1 Å². The molecule has 1 saturated heterocycles. The molecule has 7 nitrogen and oxygen atoms in total. The summed E-state index contributed by atoms with van der Waals surface area (Å²) in [7, 11) is 1.56. The molecular weight excluding hydrogens is 506 g/mol. The van der Waals surface area contributed by atoms with Gasteiger partial charge in [0.1, 0.15) is 11.5 Å². The monoisotopic (exact) mass is 543 g/mol. The molecule has 0 radical (unpaired) electrons. The first-order valence-corrected chi connectivity index (χ1v) is 13.7. The van der Waals surface area contributed by atoms with Crippen molar-refractivity contribution in [2.75, 3.05) is 26.9 Å². The third-order valence-corrected chi connectivity index (χ3v) is 6.90. The van der Waals surface area contributed by atoms with Gasteiger partial charge in [-0.1, -0.05) is 62.4 Å². The Kier molecular flexibility index (Phi) is 9.48. The van der Waals surface area contributed by atoms with Crippen LogP contribution in [0.4, 0.5) is 0 Å². The summed E-state index contributed by atoms with van der Waals surface area (Å²) in [4.78, 5) is 28.4. The first-order valence-electron chi connectivity index (χ1n) is 13.7. The molecule has 3 aromatic rings. The summed E-state index contributed by atoms with van der Waals surface area (Å²) in [5.74, 6) is 0.504. The molecule has 0 aromatic heterocycles. The average molecular weight is 544 g/mol. The minimum Gasteiger partial charge on any atom is -0.507 e. The number of likely N-dealkylation sites (tertiary alicyclic amines) is 1. The average Bonchev–Trinajstić information content (AvgIpc) is 3.21. The van der Waals surface area contributed by atoms with Crippen LogP contribution in [0.3, 0.4) is 0 Å². The number of ketones is 1. The van der Waals surface area contributed by atoms with Crippen LogP contribution in [0.15, 0.2) is 78.4 Å². The van der Waals surface area contributed by atoms with E-state index < -0.39 is 17.7 Å². The molecule has 210 valence electrons. The van der Waals surface area contributed by atoms with E-state index in [1.807, 2.05) is 43.3 Å². The predicted octanol–water partition coefficient (Wildman–Crippen LogP) is 6.18. The maximum Gasteiger partial charge on any atom is 0.295 e. The van der Waals surface area contributed by atoms with Crippen molar-refractivity contribution in [1.29, 1.82) is 0 Å². The lowest BCUT2D eigenvalue weighted by atomic mass is 9.94. The number of rotatable bonds is 12. The van der Waals surface area contributed by atoms with Crippen LogP contribution in [-0.2, 0) is 16.0 Å². The number of hydrogen-bond donors (Lipinski definition) is 1. The van der Waals surface area contributed by atoms with E-state index in [4.69, 9.17) is 14.2 Å². The maximum absolute atomic E-state index is 13.5. The highest BCUT2D eigenvalue weighted by atomic mass is 16.5. The van der Waals surface area contributed by atoms with Crippen LogP contribution < -0.4 is 14.2 Å². The van der Waals surface area contributed by atoms with Crippen molar-refractivity contribution in [1.82, 2.24) is 4.90 Å². The first-order chi connectivity index (χ1) is 19.3. The summed E-state index contributed by atoms with van der Waals surface area (Å²) in [5.41, 5.74) is 2.11. The molecule has 40 heavy (non-hydrogen) atoms. The van der Waals surface area contributed by atoms with Crippen molar-refractivity contribution in [2.45, 2.75) is 39.7 Å². The second kappa shape index (κ2) is 13.2. The summed E-state index contributed by atoms with van der Waals surface area (Å²) < 4.78 is 17.2. The van der Waals surface area contributed by atoms with Crippen LogP contribution in [0.1, 0.15) is 49.9 Å². The second-order valence-electron chi connectivity index (χ2n) is 10.1. The van der Waals surface area contributed by atoms with Gasteiger partial charge >= 0.3 is 0 Å². The number of Topliss-reactive ketones (excluding diaryl/α,β-unsaturated/α-hetero) is 1. The highest BCUT2D eigenvalue weighted by Gasteiger charge is 2.46. The number of carbonyl (C=O) groups excluding carboxylic acids is 2. The Labute approximate surface area is 236 Å². The molecule has 0 saturated carbocycles. The standard InChI is InChI=1S/C33H37NO6/c1-5-39-26-13-9-12-25(20-26)31(35)29-30(24-14-15-27(28(21-24)38-4)40-19-17-22(2)3)34(33(37)32(29)36)18-16-23-10-7-6-8-11-23/h6-15,20-22,30,35H,5,16-19H2,1-4H3/b31-29+. The SMILES string of the molecule is CCOc1cccc(/C(O)=C2\C(=O)C(=O)N(CCc3ccccc3)C2c2ccc(OCCC(C)C)c(OC)c2)c1. The lowest BCUT2D eigenvalue weighted by Crippen LogP contribution is -2.31. The lowest BCUT2D eigenvalue weighted by molar-refractivity contribution is -0.139. The van der Waals surface area contributed by atoms with Gasteiger partial charge in [-0.2, -0.15) is 0 Å². The number of aliphatic hydroxyl groups is 1. The Morgan fingerprint density at radius 1 is 0.950 bits per heavy atom. The summed E-state index contributed by atoms with van der Waals surface area (Å²) in [5, 5.41) is 11.5. The van der Waals surface area contributed by atoms with E-state index in [1.165, 1.54) is 4.90 Å². The van der Waals surface area contributed by atoms with E-state index >= 15 is 0 Å². The second-order valence-corrected chi connectivity index (χ2v) is 10.1. The van der Waals surface area contributed by atoms with Crippen molar-refractivity contribution in [3.8, 4) is 17.2 Å². The fourth-order valence-corrected chi connectivity index (χ4v) is 4.78. The molecule has 1 unspecified atom stereocenters. The first kappa shape index (κ1) is 28.7. The van der Waals surface area contributed by atoms with Gasteiger partial charge < -0.3 is 24.2 Å². The van der Waals surface area contributed by atoms with E-state index in [0.29, 0.717) is 60.5 Å². The summed E-state index contributed by atoms with van der Waals surface area (Å²) in [6, 6.07) is 21.2. The molecule has 0 spiro atoms. The van der Waals surface area contributed by atoms with Gasteiger partial charge in [0, 0.05) is 12.1 Å². The van der Waals surface area contributed by atoms with Crippen LogP contribution >= 0.6 is 0 Å². The number of benzene rings is 3. The quantitative estimate of drug-likeness (QED) is 0.167. The van der Waals surface area contributed by atoms with Crippen molar-refractivity contribution in [3.63, 3.8) is 0 Å². The third kappa shape index (κ3) is 6.47. The van der Waals surface area contributed by atoms with Crippen LogP contribution in [0, 0.1) is 5.92 Å². The molecular formula is C33H37NO6. The Bertz CT molecular complexity index is 1360. The van der Waals surface area contributed by atoms with Gasteiger partial charge in [0.25, 0.3) is 11.7 Å². The highest BCUT2D eigenvalue weighted by molar-refractivity contribution is 6.46. The molecule has 1 heterocycles. The Hall–Kier alpha value is -4.26. The largest absolute Gasteiger partial charge is 0.507 e. The summed E-state index contributed by atoms with van der Waals surface area (Å²) in [6.07, 6.45) is 1.45. The maximum atomic E-state index is 13.5. The number of nitrogens with zero attached hydrogens (tertiary/aromatic N) is 1. The van der Waals surface area contributed by atoms with Gasteiger partial charge in [-0.3, -0.25) is 9.59 Å². The molecule has 1 atom stereocenters. The van der Waals surface area contributed by atoms with Crippen LogP contribution in [0.5, 0.6) is 17.2 Å². The number of hydrogen-bond acceptors (Lipinski definition) is 6. The van der Waals surface area contributed by atoms with Gasteiger partial charge in [0.15, 0.2) is 11.5 Å². The van der Waals surface area contributed by atoms with E-state index in [-0.39, 0.29) is 11.3 Å². The van der Waals surface area contributed by atoms with Crippen molar-refractivity contribution >= 4 is 17.4 Å².